The van der Waals surface area contributed by atoms with Gasteiger partial charge in [0.1, 0.15) is 0 Å². The van der Waals surface area contributed by atoms with Crippen LogP contribution in [0.1, 0.15) is 17.5 Å². The standard InChI is InChI=1S/C13H17NO4/c1-9-6-11-12(18-8-17-11)7-10(9)2-4-14-5-3-13(15)16/h6-7,14H,2-5,8H2,1H3,(H,15,16). The number of benzene rings is 1. The van der Waals surface area contributed by atoms with Crippen molar-refractivity contribution in [3.05, 3.63) is 23.3 Å². The van der Waals surface area contributed by atoms with Gasteiger partial charge in [0.15, 0.2) is 11.5 Å². The molecule has 0 aliphatic carbocycles. The molecule has 0 spiro atoms. The third-order valence-electron chi connectivity index (χ3n) is 2.92. The largest absolute Gasteiger partial charge is 0.481 e. The summed E-state index contributed by atoms with van der Waals surface area (Å²) in [6.45, 7) is 3.58. The average molecular weight is 251 g/mol. The molecule has 0 saturated carbocycles. The lowest BCUT2D eigenvalue weighted by atomic mass is 10.0. The first kappa shape index (κ1) is 12.7. The zero-order chi connectivity index (χ0) is 13.0. The van der Waals surface area contributed by atoms with Crippen LogP contribution in [-0.4, -0.2) is 31.0 Å². The Morgan fingerprint density at radius 2 is 2.06 bits per heavy atom. The van der Waals surface area contributed by atoms with Crippen molar-refractivity contribution in [2.24, 2.45) is 0 Å². The van der Waals surface area contributed by atoms with Gasteiger partial charge in [-0.1, -0.05) is 0 Å². The van der Waals surface area contributed by atoms with E-state index >= 15 is 0 Å². The highest BCUT2D eigenvalue weighted by Gasteiger charge is 2.15. The molecule has 1 aliphatic heterocycles. The highest BCUT2D eigenvalue weighted by Crippen LogP contribution is 2.34. The number of aliphatic carboxylic acids is 1. The Hall–Kier alpha value is -1.75. The molecular weight excluding hydrogens is 234 g/mol. The predicted octanol–water partition coefficient (Wildman–Crippen LogP) is 1.33. The van der Waals surface area contributed by atoms with Crippen molar-refractivity contribution in [1.29, 1.82) is 0 Å². The van der Waals surface area contributed by atoms with Crippen molar-refractivity contribution in [1.82, 2.24) is 5.32 Å². The molecule has 2 N–H and O–H groups in total. The highest BCUT2D eigenvalue weighted by atomic mass is 16.7. The molecule has 2 rings (SSSR count). The highest BCUT2D eigenvalue weighted by molar-refractivity contribution is 5.66. The molecule has 5 nitrogen and oxygen atoms in total. The van der Waals surface area contributed by atoms with E-state index in [0.29, 0.717) is 6.54 Å². The van der Waals surface area contributed by atoms with E-state index in [2.05, 4.69) is 5.32 Å². The Balaban J connectivity index is 1.84. The summed E-state index contributed by atoms with van der Waals surface area (Å²) in [7, 11) is 0. The van der Waals surface area contributed by atoms with E-state index in [1.165, 1.54) is 11.1 Å². The van der Waals surface area contributed by atoms with Crippen LogP contribution in [0.15, 0.2) is 12.1 Å². The maximum atomic E-state index is 10.3. The summed E-state index contributed by atoms with van der Waals surface area (Å²) in [5, 5.41) is 11.6. The molecule has 0 aromatic heterocycles. The zero-order valence-electron chi connectivity index (χ0n) is 10.4. The van der Waals surface area contributed by atoms with Crippen LogP contribution in [0.3, 0.4) is 0 Å². The number of ether oxygens (including phenoxy) is 2. The quantitative estimate of drug-likeness (QED) is 0.747. The minimum atomic E-state index is -0.776. The van der Waals surface area contributed by atoms with E-state index in [1.807, 2.05) is 19.1 Å². The molecule has 98 valence electrons. The van der Waals surface area contributed by atoms with Crippen LogP contribution in [0.2, 0.25) is 0 Å². The molecule has 0 bridgehead atoms. The molecule has 1 heterocycles. The summed E-state index contributed by atoms with van der Waals surface area (Å²) in [6, 6.07) is 3.98. The maximum absolute atomic E-state index is 10.3. The molecular formula is C13H17NO4. The molecule has 5 heteroatoms. The topological polar surface area (TPSA) is 67.8 Å². The average Bonchev–Trinajstić information content (AvgIpc) is 2.75. The smallest absolute Gasteiger partial charge is 0.304 e. The lowest BCUT2D eigenvalue weighted by Crippen LogP contribution is -2.21. The van der Waals surface area contributed by atoms with E-state index in [1.54, 1.807) is 0 Å². The van der Waals surface area contributed by atoms with Gasteiger partial charge >= 0.3 is 5.97 Å². The van der Waals surface area contributed by atoms with Crippen molar-refractivity contribution in [3.63, 3.8) is 0 Å². The number of nitrogens with one attached hydrogen (secondary N) is 1. The normalized spacial score (nSPS) is 12.7. The fourth-order valence-corrected chi connectivity index (χ4v) is 1.90. The summed E-state index contributed by atoms with van der Waals surface area (Å²) < 4.78 is 10.6. The van der Waals surface area contributed by atoms with Gasteiger partial charge in [0, 0.05) is 6.54 Å². The van der Waals surface area contributed by atoms with Gasteiger partial charge in [-0.2, -0.15) is 0 Å². The summed E-state index contributed by atoms with van der Waals surface area (Å²) in [4.78, 5) is 10.3. The Morgan fingerprint density at radius 1 is 1.33 bits per heavy atom. The molecule has 0 atom stereocenters. The van der Waals surface area contributed by atoms with Crippen LogP contribution in [0, 0.1) is 6.92 Å². The van der Waals surface area contributed by atoms with Crippen molar-refractivity contribution < 1.29 is 19.4 Å². The van der Waals surface area contributed by atoms with Crippen LogP contribution < -0.4 is 14.8 Å². The van der Waals surface area contributed by atoms with Crippen LogP contribution in [0.4, 0.5) is 0 Å². The van der Waals surface area contributed by atoms with Gasteiger partial charge in [-0.15, -0.1) is 0 Å². The summed E-state index contributed by atoms with van der Waals surface area (Å²) in [6.07, 6.45) is 1.00. The van der Waals surface area contributed by atoms with Crippen molar-refractivity contribution in [2.75, 3.05) is 19.9 Å². The number of rotatable bonds is 6. The third kappa shape index (κ3) is 3.13. The summed E-state index contributed by atoms with van der Waals surface area (Å²) in [5.41, 5.74) is 2.36. The Kier molecular flexibility index (Phi) is 4.04. The molecule has 1 aliphatic rings. The molecule has 0 radical (unpaired) electrons. The first-order valence-electron chi connectivity index (χ1n) is 5.98. The van der Waals surface area contributed by atoms with E-state index < -0.39 is 5.97 Å². The Labute approximate surface area is 106 Å². The van der Waals surface area contributed by atoms with Crippen LogP contribution in [0.25, 0.3) is 0 Å². The molecule has 1 aromatic rings. The van der Waals surface area contributed by atoms with Gasteiger partial charge in [0.25, 0.3) is 0 Å². The minimum absolute atomic E-state index is 0.153. The second kappa shape index (κ2) is 5.73. The summed E-state index contributed by atoms with van der Waals surface area (Å²) in [5.74, 6) is 0.818. The first-order valence-corrected chi connectivity index (χ1v) is 5.98. The second-order valence-electron chi connectivity index (χ2n) is 4.28. The van der Waals surface area contributed by atoms with Gasteiger partial charge in [0.2, 0.25) is 6.79 Å². The Bertz CT molecular complexity index is 445. The van der Waals surface area contributed by atoms with E-state index in [-0.39, 0.29) is 13.2 Å². The Morgan fingerprint density at radius 3 is 2.78 bits per heavy atom. The van der Waals surface area contributed by atoms with Gasteiger partial charge < -0.3 is 19.9 Å². The second-order valence-corrected chi connectivity index (χ2v) is 4.28. The molecule has 0 unspecified atom stereocenters. The van der Waals surface area contributed by atoms with Crippen molar-refractivity contribution in [3.8, 4) is 11.5 Å². The minimum Gasteiger partial charge on any atom is -0.481 e. The number of carbonyl (C=O) groups is 1. The maximum Gasteiger partial charge on any atom is 0.304 e. The van der Waals surface area contributed by atoms with Crippen LogP contribution in [0.5, 0.6) is 11.5 Å². The molecule has 0 saturated heterocycles. The van der Waals surface area contributed by atoms with Crippen LogP contribution in [-0.2, 0) is 11.2 Å². The number of aryl methyl sites for hydroxylation is 1. The number of fused-ring (bicyclic) bond motifs is 1. The fourth-order valence-electron chi connectivity index (χ4n) is 1.90. The van der Waals surface area contributed by atoms with E-state index in [9.17, 15) is 4.79 Å². The molecule has 1 aromatic carbocycles. The third-order valence-corrected chi connectivity index (χ3v) is 2.92. The SMILES string of the molecule is Cc1cc2c(cc1CCNCCC(=O)O)OCO2. The van der Waals surface area contributed by atoms with E-state index in [4.69, 9.17) is 14.6 Å². The van der Waals surface area contributed by atoms with Gasteiger partial charge in [-0.05, 0) is 43.1 Å². The van der Waals surface area contributed by atoms with E-state index in [0.717, 1.165) is 24.5 Å². The van der Waals surface area contributed by atoms with Crippen LogP contribution >= 0.6 is 0 Å². The van der Waals surface area contributed by atoms with Crippen molar-refractivity contribution >= 4 is 5.97 Å². The fraction of sp³-hybridized carbons (Fsp3) is 0.462. The van der Waals surface area contributed by atoms with Gasteiger partial charge in [-0.3, -0.25) is 4.79 Å². The number of hydrogen-bond acceptors (Lipinski definition) is 4. The number of carboxylic acids is 1. The summed E-state index contributed by atoms with van der Waals surface area (Å²) >= 11 is 0. The lowest BCUT2D eigenvalue weighted by molar-refractivity contribution is -0.136. The monoisotopic (exact) mass is 251 g/mol. The molecule has 18 heavy (non-hydrogen) atoms. The lowest BCUT2D eigenvalue weighted by Gasteiger charge is -2.08. The van der Waals surface area contributed by atoms with Gasteiger partial charge in [0.05, 0.1) is 6.42 Å². The first-order chi connectivity index (χ1) is 8.66. The predicted molar refractivity (Wildman–Crippen MR) is 66.1 cm³/mol. The molecule has 0 amide bonds. The number of hydrogen-bond donors (Lipinski definition) is 2. The zero-order valence-corrected chi connectivity index (χ0v) is 10.4. The van der Waals surface area contributed by atoms with Gasteiger partial charge in [-0.25, -0.2) is 0 Å². The molecule has 0 fully saturated rings. The number of carboxylic acid groups (broad SMARTS) is 1. The van der Waals surface area contributed by atoms with Crippen molar-refractivity contribution in [2.45, 2.75) is 19.8 Å².